The Balaban J connectivity index is 1.46. The molecule has 1 aromatic carbocycles. The van der Waals surface area contributed by atoms with Gasteiger partial charge in [0.25, 0.3) is 0 Å². The van der Waals surface area contributed by atoms with E-state index in [9.17, 15) is 9.18 Å². The molecule has 0 radical (unpaired) electrons. The molecule has 1 saturated carbocycles. The molecule has 1 aliphatic heterocycles. The van der Waals surface area contributed by atoms with Gasteiger partial charge in [0.05, 0.1) is 18.8 Å². The summed E-state index contributed by atoms with van der Waals surface area (Å²) in [6.45, 7) is 1.21. The summed E-state index contributed by atoms with van der Waals surface area (Å²) in [4.78, 5) is 15.9. The van der Waals surface area contributed by atoms with Crippen molar-refractivity contribution in [2.75, 3.05) is 13.2 Å². The monoisotopic (exact) mass is 345 g/mol. The molecule has 0 N–H and O–H groups in total. The molecule has 7 nitrogen and oxygen atoms in total. The molecule has 0 bridgehead atoms. The van der Waals surface area contributed by atoms with E-state index in [0.29, 0.717) is 24.5 Å². The summed E-state index contributed by atoms with van der Waals surface area (Å²) in [6.07, 6.45) is 4.43. The third-order valence-corrected chi connectivity index (χ3v) is 4.86. The molecule has 2 aliphatic rings. The SMILES string of the molecule is O=C(Cn1nnc(-c2cccc(F)c2)n1)N1CCO[C@H]2CCCC[C@@H]21. The minimum Gasteiger partial charge on any atom is -0.374 e. The first kappa shape index (κ1) is 16.1. The van der Waals surface area contributed by atoms with Crippen LogP contribution in [0.2, 0.25) is 0 Å². The molecule has 1 aliphatic carbocycles. The molecule has 8 heteroatoms. The highest BCUT2D eigenvalue weighted by atomic mass is 19.1. The first-order chi connectivity index (χ1) is 12.2. The molecule has 2 aromatic rings. The average molecular weight is 345 g/mol. The Labute approximate surface area is 144 Å². The van der Waals surface area contributed by atoms with Crippen LogP contribution in [0.1, 0.15) is 25.7 Å². The topological polar surface area (TPSA) is 73.1 Å². The van der Waals surface area contributed by atoms with Crippen molar-refractivity contribution in [3.8, 4) is 11.4 Å². The van der Waals surface area contributed by atoms with Crippen molar-refractivity contribution in [3.05, 3.63) is 30.1 Å². The number of carbonyl (C=O) groups is 1. The maximum Gasteiger partial charge on any atom is 0.246 e. The summed E-state index contributed by atoms with van der Waals surface area (Å²) in [5.74, 6) is -0.0743. The number of morpholine rings is 1. The van der Waals surface area contributed by atoms with E-state index in [1.807, 2.05) is 4.90 Å². The molecule has 132 valence electrons. The lowest BCUT2D eigenvalue weighted by Crippen LogP contribution is -2.55. The molecule has 0 spiro atoms. The minimum atomic E-state index is -0.360. The van der Waals surface area contributed by atoms with Gasteiger partial charge in [0.15, 0.2) is 0 Å². The van der Waals surface area contributed by atoms with Gasteiger partial charge in [-0.15, -0.1) is 10.2 Å². The Morgan fingerprint density at radius 3 is 3.08 bits per heavy atom. The molecule has 2 atom stereocenters. The number of rotatable bonds is 3. The lowest BCUT2D eigenvalue weighted by molar-refractivity contribution is -0.150. The first-order valence-electron chi connectivity index (χ1n) is 8.65. The Bertz CT molecular complexity index is 763. The number of nitrogens with zero attached hydrogens (tertiary/aromatic N) is 5. The quantitative estimate of drug-likeness (QED) is 0.846. The second-order valence-corrected chi connectivity index (χ2v) is 6.50. The van der Waals surface area contributed by atoms with E-state index in [1.165, 1.54) is 16.9 Å². The summed E-state index contributed by atoms with van der Waals surface area (Å²) in [6, 6.07) is 6.16. The minimum absolute atomic E-state index is 0.0246. The zero-order chi connectivity index (χ0) is 17.2. The van der Waals surface area contributed by atoms with E-state index < -0.39 is 0 Å². The molecule has 25 heavy (non-hydrogen) atoms. The van der Waals surface area contributed by atoms with Crippen molar-refractivity contribution in [3.63, 3.8) is 0 Å². The zero-order valence-electron chi connectivity index (χ0n) is 13.8. The van der Waals surface area contributed by atoms with Gasteiger partial charge in [0, 0.05) is 12.1 Å². The summed E-state index contributed by atoms with van der Waals surface area (Å²) in [5, 5.41) is 12.1. The van der Waals surface area contributed by atoms with Gasteiger partial charge in [-0.1, -0.05) is 25.0 Å². The standard InChI is InChI=1S/C17H20FN5O2/c18-13-5-3-4-12(10-13)17-19-21-23(20-17)11-16(24)22-8-9-25-15-7-2-1-6-14(15)22/h3-5,10,14-15H,1-2,6-9,11H2/t14-,15-/m0/s1. The van der Waals surface area contributed by atoms with Gasteiger partial charge in [0.2, 0.25) is 11.7 Å². The van der Waals surface area contributed by atoms with Crippen LogP contribution < -0.4 is 0 Å². The number of fused-ring (bicyclic) bond motifs is 1. The molecule has 4 rings (SSSR count). The number of amides is 1. The van der Waals surface area contributed by atoms with Gasteiger partial charge in [-0.05, 0) is 30.2 Å². The van der Waals surface area contributed by atoms with E-state index >= 15 is 0 Å². The average Bonchev–Trinajstić information content (AvgIpc) is 3.10. The van der Waals surface area contributed by atoms with E-state index in [2.05, 4.69) is 15.4 Å². The lowest BCUT2D eigenvalue weighted by atomic mass is 9.90. The van der Waals surface area contributed by atoms with Crippen molar-refractivity contribution in [2.24, 2.45) is 0 Å². The van der Waals surface area contributed by atoms with Gasteiger partial charge in [-0.2, -0.15) is 4.80 Å². The number of aromatic nitrogens is 4. The third kappa shape index (κ3) is 3.39. The zero-order valence-corrected chi connectivity index (χ0v) is 13.8. The largest absolute Gasteiger partial charge is 0.374 e. The van der Waals surface area contributed by atoms with Gasteiger partial charge >= 0.3 is 0 Å². The normalized spacial score (nSPS) is 23.3. The maximum absolute atomic E-state index is 13.3. The number of carbonyl (C=O) groups excluding carboxylic acids is 1. The van der Waals surface area contributed by atoms with Gasteiger partial charge in [0.1, 0.15) is 12.4 Å². The fraction of sp³-hybridized carbons (Fsp3) is 0.529. The number of hydrogen-bond acceptors (Lipinski definition) is 5. The summed E-state index contributed by atoms with van der Waals surface area (Å²) in [7, 11) is 0. The van der Waals surface area contributed by atoms with E-state index in [4.69, 9.17) is 4.74 Å². The predicted molar refractivity (Wildman–Crippen MR) is 86.9 cm³/mol. The Hall–Kier alpha value is -2.35. The van der Waals surface area contributed by atoms with E-state index in [0.717, 1.165) is 25.7 Å². The smallest absolute Gasteiger partial charge is 0.246 e. The van der Waals surface area contributed by atoms with Crippen LogP contribution in [0.5, 0.6) is 0 Å². The molecule has 1 aromatic heterocycles. The molecule has 1 amide bonds. The van der Waals surface area contributed by atoms with Crippen LogP contribution in [0.15, 0.2) is 24.3 Å². The summed E-state index contributed by atoms with van der Waals surface area (Å²) >= 11 is 0. The van der Waals surface area contributed by atoms with Crippen LogP contribution in [0.3, 0.4) is 0 Å². The van der Waals surface area contributed by atoms with Gasteiger partial charge in [-0.3, -0.25) is 4.79 Å². The van der Waals surface area contributed by atoms with Crippen LogP contribution in [0.4, 0.5) is 4.39 Å². The lowest BCUT2D eigenvalue weighted by Gasteiger charge is -2.43. The highest BCUT2D eigenvalue weighted by Gasteiger charge is 2.36. The Kier molecular flexibility index (Phi) is 4.44. The van der Waals surface area contributed by atoms with Crippen LogP contribution >= 0.6 is 0 Å². The van der Waals surface area contributed by atoms with Crippen LogP contribution in [0, 0.1) is 5.82 Å². The van der Waals surface area contributed by atoms with Crippen molar-refractivity contribution in [2.45, 2.75) is 44.4 Å². The maximum atomic E-state index is 13.3. The van der Waals surface area contributed by atoms with Crippen molar-refractivity contribution in [1.29, 1.82) is 0 Å². The molecular formula is C17H20FN5O2. The van der Waals surface area contributed by atoms with Crippen molar-refractivity contribution >= 4 is 5.91 Å². The Morgan fingerprint density at radius 2 is 2.20 bits per heavy atom. The number of benzene rings is 1. The number of tetrazole rings is 1. The highest BCUT2D eigenvalue weighted by molar-refractivity contribution is 5.76. The molecule has 2 heterocycles. The van der Waals surface area contributed by atoms with Crippen LogP contribution in [-0.4, -0.2) is 56.3 Å². The fourth-order valence-electron chi connectivity index (χ4n) is 3.67. The number of hydrogen-bond donors (Lipinski definition) is 0. The Morgan fingerprint density at radius 1 is 1.32 bits per heavy atom. The molecule has 0 unspecified atom stereocenters. The molecule has 2 fully saturated rings. The van der Waals surface area contributed by atoms with Gasteiger partial charge < -0.3 is 9.64 Å². The van der Waals surface area contributed by atoms with Crippen molar-refractivity contribution < 1.29 is 13.9 Å². The molecule has 1 saturated heterocycles. The first-order valence-corrected chi connectivity index (χ1v) is 8.65. The highest BCUT2D eigenvalue weighted by Crippen LogP contribution is 2.28. The van der Waals surface area contributed by atoms with E-state index in [1.54, 1.807) is 12.1 Å². The fourth-order valence-corrected chi connectivity index (χ4v) is 3.67. The number of ether oxygens (including phenoxy) is 1. The van der Waals surface area contributed by atoms with Crippen molar-refractivity contribution in [1.82, 2.24) is 25.1 Å². The summed E-state index contributed by atoms with van der Waals surface area (Å²) in [5.41, 5.74) is 0.539. The third-order valence-electron chi connectivity index (χ3n) is 4.86. The second-order valence-electron chi connectivity index (χ2n) is 6.50. The van der Waals surface area contributed by atoms with Gasteiger partial charge in [-0.25, -0.2) is 4.39 Å². The van der Waals surface area contributed by atoms with Crippen LogP contribution in [0.25, 0.3) is 11.4 Å². The predicted octanol–water partition coefficient (Wildman–Crippen LogP) is 1.65. The van der Waals surface area contributed by atoms with Crippen LogP contribution in [-0.2, 0) is 16.1 Å². The van der Waals surface area contributed by atoms with E-state index in [-0.39, 0.29) is 30.4 Å². The number of halogens is 1. The summed E-state index contributed by atoms with van der Waals surface area (Å²) < 4.78 is 19.1. The molecular weight excluding hydrogens is 325 g/mol. The second kappa shape index (κ2) is 6.87.